The minimum Gasteiger partial charge on any atom is -0.482 e. The Morgan fingerprint density at radius 3 is 2.79 bits per heavy atom. The van der Waals surface area contributed by atoms with E-state index in [4.69, 9.17) is 9.47 Å². The zero-order chi connectivity index (χ0) is 19.9. The molecule has 0 bridgehead atoms. The van der Waals surface area contributed by atoms with Gasteiger partial charge in [-0.2, -0.15) is 0 Å². The van der Waals surface area contributed by atoms with Gasteiger partial charge in [0.2, 0.25) is 0 Å². The molecule has 2 aromatic carbocycles. The van der Waals surface area contributed by atoms with Crippen LogP contribution >= 0.6 is 0 Å². The van der Waals surface area contributed by atoms with E-state index in [1.54, 1.807) is 18.2 Å². The van der Waals surface area contributed by atoms with Crippen LogP contribution in [0.3, 0.4) is 0 Å². The smallest absolute Gasteiger partial charge is 0.407 e. The van der Waals surface area contributed by atoms with Crippen molar-refractivity contribution in [2.24, 2.45) is 0 Å². The normalized spacial score (nSPS) is 14.9. The van der Waals surface area contributed by atoms with Crippen molar-refractivity contribution < 1.29 is 29.3 Å². The number of fused-ring (bicyclic) bond motifs is 1. The third-order valence-electron chi connectivity index (χ3n) is 4.26. The summed E-state index contributed by atoms with van der Waals surface area (Å²) in [5.41, 5.74) is 1.75. The largest absolute Gasteiger partial charge is 0.482 e. The summed E-state index contributed by atoms with van der Waals surface area (Å²) in [5, 5.41) is 25.7. The molecule has 0 radical (unpaired) electrons. The summed E-state index contributed by atoms with van der Waals surface area (Å²) in [7, 11) is 0. The predicted molar refractivity (Wildman–Crippen MR) is 101 cm³/mol. The minimum atomic E-state index is -1.17. The summed E-state index contributed by atoms with van der Waals surface area (Å²) in [6, 6.07) is 14.1. The third-order valence-corrected chi connectivity index (χ3v) is 4.26. The lowest BCUT2D eigenvalue weighted by atomic mass is 10.0. The number of anilines is 1. The first-order valence-electron chi connectivity index (χ1n) is 8.90. The van der Waals surface area contributed by atoms with Crippen LogP contribution in [0.5, 0.6) is 5.75 Å². The fourth-order valence-corrected chi connectivity index (χ4v) is 2.76. The van der Waals surface area contributed by atoms with Crippen LogP contribution in [-0.4, -0.2) is 41.5 Å². The zero-order valence-electron chi connectivity index (χ0n) is 15.1. The molecule has 0 saturated heterocycles. The molecule has 0 aliphatic carbocycles. The fraction of sp³-hybridized carbons (Fsp3) is 0.300. The number of hydrogen-bond donors (Lipinski definition) is 4. The Hall–Kier alpha value is -3.10. The average molecular weight is 386 g/mol. The van der Waals surface area contributed by atoms with Gasteiger partial charge in [-0.3, -0.25) is 4.79 Å². The van der Waals surface area contributed by atoms with E-state index in [0.717, 1.165) is 5.56 Å². The Morgan fingerprint density at radius 2 is 2.00 bits per heavy atom. The predicted octanol–water partition coefficient (Wildman–Crippen LogP) is 1.73. The maximum atomic E-state index is 11.7. The number of benzene rings is 2. The summed E-state index contributed by atoms with van der Waals surface area (Å²) in [5.74, 6) is 0.228. The lowest BCUT2D eigenvalue weighted by Crippen LogP contribution is -2.30. The molecule has 1 aliphatic rings. The van der Waals surface area contributed by atoms with Crippen molar-refractivity contribution >= 4 is 17.7 Å². The van der Waals surface area contributed by atoms with E-state index in [-0.39, 0.29) is 32.1 Å². The molecule has 2 unspecified atom stereocenters. The van der Waals surface area contributed by atoms with E-state index in [1.807, 2.05) is 30.3 Å². The Morgan fingerprint density at radius 1 is 1.21 bits per heavy atom. The molecule has 0 spiro atoms. The van der Waals surface area contributed by atoms with Crippen molar-refractivity contribution in [3.63, 3.8) is 0 Å². The van der Waals surface area contributed by atoms with Crippen molar-refractivity contribution in [3.05, 3.63) is 59.7 Å². The summed E-state index contributed by atoms with van der Waals surface area (Å²) in [6.45, 7) is 0.237. The number of aliphatic hydroxyl groups excluding tert-OH is 2. The van der Waals surface area contributed by atoms with Gasteiger partial charge < -0.3 is 30.3 Å². The first kappa shape index (κ1) is 19.7. The van der Waals surface area contributed by atoms with E-state index < -0.39 is 18.3 Å². The van der Waals surface area contributed by atoms with Gasteiger partial charge in [0.15, 0.2) is 6.61 Å². The number of rotatable bonds is 7. The topological polar surface area (TPSA) is 117 Å². The molecule has 8 heteroatoms. The minimum absolute atomic E-state index is 0.0520. The number of carbonyl (C=O) groups is 2. The molecular weight excluding hydrogens is 364 g/mol. The second-order valence-electron chi connectivity index (χ2n) is 6.38. The number of carbonyl (C=O) groups excluding carboxylic acids is 2. The zero-order valence-corrected chi connectivity index (χ0v) is 15.1. The van der Waals surface area contributed by atoms with Gasteiger partial charge in [-0.15, -0.1) is 0 Å². The van der Waals surface area contributed by atoms with Crippen molar-refractivity contribution in [3.8, 4) is 5.75 Å². The number of hydrogen-bond acceptors (Lipinski definition) is 6. The van der Waals surface area contributed by atoms with Crippen LogP contribution in [0, 0.1) is 0 Å². The monoisotopic (exact) mass is 386 g/mol. The first-order valence-corrected chi connectivity index (χ1v) is 8.90. The highest BCUT2D eigenvalue weighted by atomic mass is 16.5. The van der Waals surface area contributed by atoms with Gasteiger partial charge in [0.1, 0.15) is 18.5 Å². The summed E-state index contributed by atoms with van der Waals surface area (Å²) >= 11 is 0. The SMILES string of the molecule is O=C1COc2ccc(C(O)C(O)CCNC(=O)OCc3ccccc3)cc2N1. The van der Waals surface area contributed by atoms with Crippen molar-refractivity contribution in [1.82, 2.24) is 5.32 Å². The number of alkyl carbamates (subject to hydrolysis) is 1. The maximum absolute atomic E-state index is 11.7. The van der Waals surface area contributed by atoms with Crippen LogP contribution < -0.4 is 15.4 Å². The Labute approximate surface area is 162 Å². The molecule has 0 saturated carbocycles. The average Bonchev–Trinajstić information content (AvgIpc) is 2.71. The standard InChI is InChI=1S/C20H22N2O6/c23-16(8-9-21-20(26)28-11-13-4-2-1-3-5-13)19(25)14-6-7-17-15(10-14)22-18(24)12-27-17/h1-7,10,16,19,23,25H,8-9,11-12H2,(H,21,26)(H,22,24). The van der Waals surface area contributed by atoms with E-state index in [1.165, 1.54) is 0 Å². The molecule has 0 fully saturated rings. The Kier molecular flexibility index (Phi) is 6.46. The molecule has 2 amide bonds. The van der Waals surface area contributed by atoms with Gasteiger partial charge in [-0.1, -0.05) is 36.4 Å². The molecule has 2 atom stereocenters. The number of ether oxygens (including phenoxy) is 2. The van der Waals surface area contributed by atoms with E-state index in [2.05, 4.69) is 10.6 Å². The molecule has 8 nitrogen and oxygen atoms in total. The molecule has 4 N–H and O–H groups in total. The summed E-state index contributed by atoms with van der Waals surface area (Å²) in [6.07, 6.45) is -2.75. The van der Waals surface area contributed by atoms with Crippen LogP contribution in [-0.2, 0) is 16.1 Å². The molecule has 0 aromatic heterocycles. The van der Waals surface area contributed by atoms with E-state index >= 15 is 0 Å². The third kappa shape index (κ3) is 5.21. The second-order valence-corrected chi connectivity index (χ2v) is 6.38. The molecule has 28 heavy (non-hydrogen) atoms. The molecule has 3 rings (SSSR count). The van der Waals surface area contributed by atoms with Gasteiger partial charge in [0.25, 0.3) is 5.91 Å². The van der Waals surface area contributed by atoms with Gasteiger partial charge in [-0.25, -0.2) is 4.79 Å². The summed E-state index contributed by atoms with van der Waals surface area (Å²) in [4.78, 5) is 23.1. The number of amides is 2. The Balaban J connectivity index is 1.44. The van der Waals surface area contributed by atoms with Crippen molar-refractivity contribution in [2.75, 3.05) is 18.5 Å². The Bertz CT molecular complexity index is 827. The first-order chi connectivity index (χ1) is 13.5. The van der Waals surface area contributed by atoms with Gasteiger partial charge >= 0.3 is 6.09 Å². The van der Waals surface area contributed by atoms with Crippen molar-refractivity contribution in [1.29, 1.82) is 0 Å². The molecule has 148 valence electrons. The lowest BCUT2D eigenvalue weighted by molar-refractivity contribution is -0.118. The van der Waals surface area contributed by atoms with Gasteiger partial charge in [0.05, 0.1) is 11.8 Å². The molecule has 1 heterocycles. The number of nitrogens with one attached hydrogen (secondary N) is 2. The van der Waals surface area contributed by atoms with Crippen LogP contribution in [0.2, 0.25) is 0 Å². The van der Waals surface area contributed by atoms with Crippen LogP contribution in [0.25, 0.3) is 0 Å². The van der Waals surface area contributed by atoms with Crippen LogP contribution in [0.1, 0.15) is 23.7 Å². The van der Waals surface area contributed by atoms with Crippen molar-refractivity contribution in [2.45, 2.75) is 25.2 Å². The highest BCUT2D eigenvalue weighted by Gasteiger charge is 2.22. The fourth-order valence-electron chi connectivity index (χ4n) is 2.76. The highest BCUT2D eigenvalue weighted by molar-refractivity contribution is 5.95. The van der Waals surface area contributed by atoms with Crippen LogP contribution in [0.15, 0.2) is 48.5 Å². The van der Waals surface area contributed by atoms with Crippen LogP contribution in [0.4, 0.5) is 10.5 Å². The highest BCUT2D eigenvalue weighted by Crippen LogP contribution is 2.31. The quantitative estimate of drug-likeness (QED) is 0.576. The number of aliphatic hydroxyl groups is 2. The van der Waals surface area contributed by atoms with E-state index in [9.17, 15) is 19.8 Å². The molecule has 1 aliphatic heterocycles. The maximum Gasteiger partial charge on any atom is 0.407 e. The lowest BCUT2D eigenvalue weighted by Gasteiger charge is -2.22. The molecule has 2 aromatic rings. The van der Waals surface area contributed by atoms with Gasteiger partial charge in [-0.05, 0) is 29.7 Å². The molecular formula is C20H22N2O6. The van der Waals surface area contributed by atoms with E-state index in [0.29, 0.717) is 17.0 Å². The van der Waals surface area contributed by atoms with Gasteiger partial charge in [0, 0.05) is 6.54 Å². The summed E-state index contributed by atoms with van der Waals surface area (Å²) < 4.78 is 10.3. The second kappa shape index (κ2) is 9.20.